The summed E-state index contributed by atoms with van der Waals surface area (Å²) in [6.45, 7) is -0.315. The summed E-state index contributed by atoms with van der Waals surface area (Å²) in [5.74, 6) is 0.292. The van der Waals surface area contributed by atoms with Crippen molar-refractivity contribution in [3.05, 3.63) is 66.0 Å². The van der Waals surface area contributed by atoms with Crippen LogP contribution in [0.25, 0.3) is 6.08 Å². The molecule has 0 saturated heterocycles. The molecule has 1 aliphatic carbocycles. The quantitative estimate of drug-likeness (QED) is 0.574. The van der Waals surface area contributed by atoms with Crippen molar-refractivity contribution < 1.29 is 19.1 Å². The van der Waals surface area contributed by atoms with E-state index < -0.39 is 5.97 Å². The van der Waals surface area contributed by atoms with Gasteiger partial charge in [-0.1, -0.05) is 18.2 Å². The second-order valence-corrected chi connectivity index (χ2v) is 6.35. The number of hydrogen-bond donors (Lipinski definition) is 1. The number of nitrogens with zero attached hydrogens (tertiary/aromatic N) is 1. The summed E-state index contributed by atoms with van der Waals surface area (Å²) in [5.41, 5.74) is 1.67. The predicted molar refractivity (Wildman–Crippen MR) is 101 cm³/mol. The molecule has 2 aromatic rings. The first kappa shape index (κ1) is 18.6. The van der Waals surface area contributed by atoms with Crippen LogP contribution in [0, 0.1) is 5.92 Å². The third-order valence-corrected chi connectivity index (χ3v) is 4.31. The van der Waals surface area contributed by atoms with Crippen LogP contribution in [-0.4, -0.2) is 30.6 Å². The van der Waals surface area contributed by atoms with Crippen molar-refractivity contribution in [2.24, 2.45) is 5.92 Å². The van der Waals surface area contributed by atoms with Crippen molar-refractivity contribution in [1.29, 1.82) is 0 Å². The van der Waals surface area contributed by atoms with Crippen LogP contribution < -0.4 is 10.1 Å². The third kappa shape index (κ3) is 5.67. The SMILES string of the molecule is COc1ccc(C(NC(=O)COC(=O)/C=C/c2ccccn2)C2CC2)cc1. The molecule has 27 heavy (non-hydrogen) atoms. The van der Waals surface area contributed by atoms with Crippen LogP contribution >= 0.6 is 0 Å². The minimum absolute atomic E-state index is 0.0776. The molecule has 6 heteroatoms. The molecule has 1 N–H and O–H groups in total. The Labute approximate surface area is 158 Å². The van der Waals surface area contributed by atoms with E-state index in [4.69, 9.17) is 9.47 Å². The summed E-state index contributed by atoms with van der Waals surface area (Å²) >= 11 is 0. The van der Waals surface area contributed by atoms with Crippen molar-refractivity contribution >= 4 is 18.0 Å². The molecule has 140 valence electrons. The van der Waals surface area contributed by atoms with Crippen LogP contribution in [-0.2, 0) is 14.3 Å². The van der Waals surface area contributed by atoms with E-state index in [0.29, 0.717) is 11.6 Å². The fourth-order valence-corrected chi connectivity index (χ4v) is 2.74. The number of hydrogen-bond acceptors (Lipinski definition) is 5. The van der Waals surface area contributed by atoms with E-state index in [2.05, 4.69) is 10.3 Å². The maximum absolute atomic E-state index is 12.2. The number of amides is 1. The number of aromatic nitrogens is 1. The van der Waals surface area contributed by atoms with E-state index in [1.165, 1.54) is 6.08 Å². The molecule has 1 aromatic carbocycles. The lowest BCUT2D eigenvalue weighted by atomic mass is 10.0. The molecule has 1 aliphatic rings. The van der Waals surface area contributed by atoms with Gasteiger partial charge in [0.2, 0.25) is 0 Å². The van der Waals surface area contributed by atoms with Gasteiger partial charge in [-0.15, -0.1) is 0 Å². The van der Waals surface area contributed by atoms with Gasteiger partial charge in [0.15, 0.2) is 6.61 Å². The molecule has 1 aromatic heterocycles. The predicted octanol–water partition coefficient (Wildman–Crippen LogP) is 2.91. The van der Waals surface area contributed by atoms with Crippen LogP contribution in [0.3, 0.4) is 0 Å². The van der Waals surface area contributed by atoms with Crippen LogP contribution in [0.4, 0.5) is 0 Å². The lowest BCUT2D eigenvalue weighted by molar-refractivity contribution is -0.144. The molecule has 1 heterocycles. The van der Waals surface area contributed by atoms with E-state index in [-0.39, 0.29) is 18.6 Å². The number of carbonyl (C=O) groups is 2. The van der Waals surface area contributed by atoms with E-state index in [0.717, 1.165) is 24.2 Å². The van der Waals surface area contributed by atoms with Gasteiger partial charge in [0, 0.05) is 12.3 Å². The number of nitrogens with one attached hydrogen (secondary N) is 1. The number of methoxy groups -OCH3 is 1. The van der Waals surface area contributed by atoms with Gasteiger partial charge in [-0.05, 0) is 54.7 Å². The molecule has 6 nitrogen and oxygen atoms in total. The van der Waals surface area contributed by atoms with Crippen molar-refractivity contribution in [3.8, 4) is 5.75 Å². The zero-order valence-electron chi connectivity index (χ0n) is 15.1. The second kappa shape index (κ2) is 8.98. The number of esters is 1. The molecule has 0 spiro atoms. The maximum Gasteiger partial charge on any atom is 0.331 e. The molecular formula is C21H22N2O4. The second-order valence-electron chi connectivity index (χ2n) is 6.35. The van der Waals surface area contributed by atoms with Crippen LogP contribution in [0.15, 0.2) is 54.7 Å². The number of benzene rings is 1. The van der Waals surface area contributed by atoms with Crippen molar-refractivity contribution in [2.45, 2.75) is 18.9 Å². The van der Waals surface area contributed by atoms with Gasteiger partial charge in [-0.25, -0.2) is 4.79 Å². The van der Waals surface area contributed by atoms with Crippen LogP contribution in [0.2, 0.25) is 0 Å². The van der Waals surface area contributed by atoms with Crippen molar-refractivity contribution in [3.63, 3.8) is 0 Å². The van der Waals surface area contributed by atoms with E-state index >= 15 is 0 Å². The minimum Gasteiger partial charge on any atom is -0.497 e. The molecular weight excluding hydrogens is 344 g/mol. The van der Waals surface area contributed by atoms with Gasteiger partial charge < -0.3 is 14.8 Å². The van der Waals surface area contributed by atoms with Gasteiger partial charge in [0.25, 0.3) is 5.91 Å². The lowest BCUT2D eigenvalue weighted by Crippen LogP contribution is -2.33. The molecule has 1 amide bonds. The third-order valence-electron chi connectivity index (χ3n) is 4.31. The highest BCUT2D eigenvalue weighted by Crippen LogP contribution is 2.41. The first-order valence-electron chi connectivity index (χ1n) is 8.85. The van der Waals surface area contributed by atoms with Crippen molar-refractivity contribution in [1.82, 2.24) is 10.3 Å². The highest BCUT2D eigenvalue weighted by Gasteiger charge is 2.33. The largest absolute Gasteiger partial charge is 0.497 e. The zero-order valence-corrected chi connectivity index (χ0v) is 15.1. The standard InChI is InChI=1S/C21H22N2O4/c1-26-18-10-7-16(8-11-18)21(15-5-6-15)23-19(24)14-27-20(25)12-9-17-4-2-3-13-22-17/h2-4,7-13,15,21H,5-6,14H2,1H3,(H,23,24)/b12-9+. The first-order chi connectivity index (χ1) is 13.2. The highest BCUT2D eigenvalue weighted by atomic mass is 16.5. The normalized spacial score (nSPS) is 14.6. The number of rotatable bonds is 8. The van der Waals surface area contributed by atoms with Crippen molar-refractivity contribution in [2.75, 3.05) is 13.7 Å². The Morgan fingerprint density at radius 2 is 2.00 bits per heavy atom. The Bertz CT molecular complexity index is 799. The number of carbonyl (C=O) groups excluding carboxylic acids is 2. The minimum atomic E-state index is -0.580. The van der Waals surface area contributed by atoms with Gasteiger partial charge in [-0.2, -0.15) is 0 Å². The molecule has 0 aliphatic heterocycles. The zero-order chi connectivity index (χ0) is 19.1. The summed E-state index contributed by atoms with van der Waals surface area (Å²) in [6.07, 6.45) is 6.59. The van der Waals surface area contributed by atoms with Crippen LogP contribution in [0.5, 0.6) is 5.75 Å². The molecule has 3 rings (SSSR count). The monoisotopic (exact) mass is 366 g/mol. The Balaban J connectivity index is 1.50. The molecule has 1 unspecified atom stereocenters. The average Bonchev–Trinajstić information content (AvgIpc) is 3.55. The van der Waals surface area contributed by atoms with Crippen LogP contribution in [0.1, 0.15) is 30.1 Å². The fourth-order valence-electron chi connectivity index (χ4n) is 2.74. The Morgan fingerprint density at radius 3 is 2.63 bits per heavy atom. The fraction of sp³-hybridized carbons (Fsp3) is 0.286. The average molecular weight is 366 g/mol. The number of pyridine rings is 1. The van der Waals surface area contributed by atoms with Gasteiger partial charge in [0.05, 0.1) is 18.8 Å². The van der Waals surface area contributed by atoms with E-state index in [9.17, 15) is 9.59 Å². The summed E-state index contributed by atoms with van der Waals surface area (Å²) in [7, 11) is 1.62. The summed E-state index contributed by atoms with van der Waals surface area (Å²) < 4.78 is 10.2. The molecule has 1 saturated carbocycles. The summed E-state index contributed by atoms with van der Waals surface area (Å²) in [4.78, 5) is 28.0. The molecule has 0 radical (unpaired) electrons. The Kier molecular flexibility index (Phi) is 6.20. The molecule has 1 atom stereocenters. The summed E-state index contributed by atoms with van der Waals surface area (Å²) in [5, 5.41) is 2.97. The van der Waals surface area contributed by atoms with Gasteiger partial charge in [0.1, 0.15) is 5.75 Å². The smallest absolute Gasteiger partial charge is 0.331 e. The van der Waals surface area contributed by atoms with Gasteiger partial charge >= 0.3 is 5.97 Å². The Hall–Kier alpha value is -3.15. The Morgan fingerprint density at radius 1 is 1.22 bits per heavy atom. The highest BCUT2D eigenvalue weighted by molar-refractivity contribution is 5.89. The molecule has 0 bridgehead atoms. The van der Waals surface area contributed by atoms with Gasteiger partial charge in [-0.3, -0.25) is 9.78 Å². The van der Waals surface area contributed by atoms with E-state index in [1.54, 1.807) is 31.5 Å². The lowest BCUT2D eigenvalue weighted by Gasteiger charge is -2.19. The number of ether oxygens (including phenoxy) is 2. The topological polar surface area (TPSA) is 77.5 Å². The summed E-state index contributed by atoms with van der Waals surface area (Å²) in [6, 6.07) is 12.9. The maximum atomic E-state index is 12.2. The molecule has 1 fully saturated rings. The first-order valence-corrected chi connectivity index (χ1v) is 8.85. The van der Waals surface area contributed by atoms with E-state index in [1.807, 2.05) is 30.3 Å².